The van der Waals surface area contributed by atoms with E-state index in [0.717, 1.165) is 11.1 Å². The Hall–Kier alpha value is -2.30. The molecular formula is C13H15N3O2. The van der Waals surface area contributed by atoms with Gasteiger partial charge >= 0.3 is 5.97 Å². The van der Waals surface area contributed by atoms with Crippen molar-refractivity contribution < 1.29 is 9.53 Å². The Morgan fingerprint density at radius 1 is 1.50 bits per heavy atom. The van der Waals surface area contributed by atoms with Gasteiger partial charge in [0.05, 0.1) is 11.8 Å². The van der Waals surface area contributed by atoms with Crippen LogP contribution < -0.4 is 5.73 Å². The highest BCUT2D eigenvalue weighted by atomic mass is 16.5. The van der Waals surface area contributed by atoms with E-state index in [1.54, 1.807) is 35.3 Å². The molecule has 0 saturated heterocycles. The van der Waals surface area contributed by atoms with Crippen LogP contribution >= 0.6 is 0 Å². The van der Waals surface area contributed by atoms with Crippen molar-refractivity contribution in [3.63, 3.8) is 0 Å². The van der Waals surface area contributed by atoms with Gasteiger partial charge in [-0.15, -0.1) is 0 Å². The lowest BCUT2D eigenvalue weighted by atomic mass is 10.1. The predicted octanol–water partition coefficient (Wildman–Crippen LogP) is 1.67. The lowest BCUT2D eigenvalue weighted by molar-refractivity contribution is 0.0472. The molecule has 0 atom stereocenters. The van der Waals surface area contributed by atoms with Crippen molar-refractivity contribution >= 4 is 11.7 Å². The molecular weight excluding hydrogens is 230 g/mol. The first kappa shape index (κ1) is 12.2. The molecule has 2 rings (SSSR count). The molecule has 0 saturated carbocycles. The smallest absolute Gasteiger partial charge is 0.338 e. The van der Waals surface area contributed by atoms with E-state index in [2.05, 4.69) is 5.10 Å². The Morgan fingerprint density at radius 2 is 2.28 bits per heavy atom. The molecule has 2 N–H and O–H groups in total. The van der Waals surface area contributed by atoms with Crippen molar-refractivity contribution in [3.8, 4) is 0 Å². The molecule has 2 aromatic rings. The molecule has 0 aliphatic rings. The number of nitrogen functional groups attached to an aromatic ring is 1. The number of carbonyl (C=O) groups is 1. The van der Waals surface area contributed by atoms with Crippen molar-refractivity contribution in [3.05, 3.63) is 47.3 Å². The largest absolute Gasteiger partial charge is 0.457 e. The van der Waals surface area contributed by atoms with Crippen molar-refractivity contribution in [2.45, 2.75) is 13.5 Å². The third kappa shape index (κ3) is 2.68. The lowest BCUT2D eigenvalue weighted by Crippen LogP contribution is -2.07. The molecule has 5 heteroatoms. The van der Waals surface area contributed by atoms with Crippen LogP contribution in [0.25, 0.3) is 0 Å². The van der Waals surface area contributed by atoms with E-state index in [4.69, 9.17) is 10.5 Å². The number of hydrogen-bond donors (Lipinski definition) is 1. The summed E-state index contributed by atoms with van der Waals surface area (Å²) in [5.74, 6) is -0.372. The second-order valence-corrected chi connectivity index (χ2v) is 4.17. The van der Waals surface area contributed by atoms with E-state index in [-0.39, 0.29) is 12.6 Å². The molecule has 0 fully saturated rings. The van der Waals surface area contributed by atoms with Gasteiger partial charge in [0.2, 0.25) is 0 Å². The highest BCUT2D eigenvalue weighted by molar-refractivity contribution is 5.92. The second-order valence-electron chi connectivity index (χ2n) is 4.17. The van der Waals surface area contributed by atoms with Gasteiger partial charge in [0.1, 0.15) is 6.61 Å². The van der Waals surface area contributed by atoms with Crippen LogP contribution in [0.4, 0.5) is 5.69 Å². The first-order chi connectivity index (χ1) is 8.56. The first-order valence-electron chi connectivity index (χ1n) is 5.57. The van der Waals surface area contributed by atoms with Gasteiger partial charge in [-0.2, -0.15) is 5.10 Å². The van der Waals surface area contributed by atoms with E-state index in [1.807, 2.05) is 14.0 Å². The number of nitrogens with zero attached hydrogens (tertiary/aromatic N) is 2. The maximum absolute atomic E-state index is 11.9. The maximum atomic E-state index is 11.9. The Labute approximate surface area is 105 Å². The zero-order valence-corrected chi connectivity index (χ0v) is 10.4. The molecule has 0 unspecified atom stereocenters. The molecule has 5 nitrogen and oxygen atoms in total. The maximum Gasteiger partial charge on any atom is 0.338 e. The zero-order valence-electron chi connectivity index (χ0n) is 10.4. The molecule has 18 heavy (non-hydrogen) atoms. The summed E-state index contributed by atoms with van der Waals surface area (Å²) in [4.78, 5) is 11.9. The number of ether oxygens (including phenoxy) is 1. The average Bonchev–Trinajstić information content (AvgIpc) is 2.75. The number of anilines is 1. The second kappa shape index (κ2) is 4.91. The number of aromatic nitrogens is 2. The molecule has 0 radical (unpaired) electrons. The predicted molar refractivity (Wildman–Crippen MR) is 67.9 cm³/mol. The third-order valence-electron chi connectivity index (χ3n) is 2.61. The Bertz CT molecular complexity index is 575. The lowest BCUT2D eigenvalue weighted by Gasteiger charge is -2.06. The first-order valence-corrected chi connectivity index (χ1v) is 5.57. The van der Waals surface area contributed by atoms with Gasteiger partial charge < -0.3 is 10.5 Å². The van der Waals surface area contributed by atoms with Crippen LogP contribution in [0.1, 0.15) is 21.5 Å². The van der Waals surface area contributed by atoms with Crippen molar-refractivity contribution in [2.75, 3.05) is 5.73 Å². The number of esters is 1. The summed E-state index contributed by atoms with van der Waals surface area (Å²) in [7, 11) is 1.81. The summed E-state index contributed by atoms with van der Waals surface area (Å²) in [5, 5.41) is 4.00. The van der Waals surface area contributed by atoms with Gasteiger partial charge in [0.25, 0.3) is 0 Å². The molecule has 1 heterocycles. The highest BCUT2D eigenvalue weighted by Crippen LogP contribution is 2.14. The van der Waals surface area contributed by atoms with Crippen molar-refractivity contribution in [2.24, 2.45) is 7.05 Å². The van der Waals surface area contributed by atoms with Gasteiger partial charge in [-0.1, -0.05) is 6.07 Å². The van der Waals surface area contributed by atoms with Gasteiger partial charge in [-0.25, -0.2) is 4.79 Å². The average molecular weight is 245 g/mol. The highest BCUT2D eigenvalue weighted by Gasteiger charge is 2.11. The number of nitrogens with two attached hydrogens (primary N) is 1. The van der Waals surface area contributed by atoms with E-state index in [0.29, 0.717) is 11.3 Å². The fourth-order valence-electron chi connectivity index (χ4n) is 1.63. The quantitative estimate of drug-likeness (QED) is 0.659. The minimum atomic E-state index is -0.372. The summed E-state index contributed by atoms with van der Waals surface area (Å²) >= 11 is 0. The number of aryl methyl sites for hydroxylation is 2. The minimum Gasteiger partial charge on any atom is -0.457 e. The van der Waals surface area contributed by atoms with E-state index < -0.39 is 0 Å². The molecule has 1 aromatic carbocycles. The topological polar surface area (TPSA) is 70.1 Å². The molecule has 0 bridgehead atoms. The number of rotatable bonds is 3. The number of carbonyl (C=O) groups excluding carboxylic acids is 1. The molecule has 94 valence electrons. The number of hydrogen-bond acceptors (Lipinski definition) is 4. The SMILES string of the molecule is Cc1ccc(N)cc1C(=O)OCc1cnn(C)c1. The van der Waals surface area contributed by atoms with Crippen molar-refractivity contribution in [1.29, 1.82) is 0 Å². The van der Waals surface area contributed by atoms with Crippen molar-refractivity contribution in [1.82, 2.24) is 9.78 Å². The van der Waals surface area contributed by atoms with Gasteiger partial charge in [-0.3, -0.25) is 4.68 Å². The summed E-state index contributed by atoms with van der Waals surface area (Å²) in [6.45, 7) is 2.06. The van der Waals surface area contributed by atoms with Gasteiger partial charge in [-0.05, 0) is 24.6 Å². The standard InChI is InChI=1S/C13H15N3O2/c1-9-3-4-11(14)5-12(9)13(17)18-8-10-6-15-16(2)7-10/h3-7H,8,14H2,1-2H3. The van der Waals surface area contributed by atoms with Crippen LogP contribution in [0.5, 0.6) is 0 Å². The third-order valence-corrected chi connectivity index (χ3v) is 2.61. The van der Waals surface area contributed by atoms with Crippen LogP contribution in [0.3, 0.4) is 0 Å². The summed E-state index contributed by atoms with van der Waals surface area (Å²) < 4.78 is 6.88. The normalized spacial score (nSPS) is 10.3. The molecule has 0 spiro atoms. The zero-order chi connectivity index (χ0) is 13.1. The summed E-state index contributed by atoms with van der Waals surface area (Å²) in [6, 6.07) is 5.18. The number of benzene rings is 1. The molecule has 0 aliphatic carbocycles. The Morgan fingerprint density at radius 3 is 2.94 bits per heavy atom. The van der Waals surface area contributed by atoms with Crippen LogP contribution in [0, 0.1) is 6.92 Å². The van der Waals surface area contributed by atoms with E-state index >= 15 is 0 Å². The molecule has 1 aromatic heterocycles. The molecule has 0 amide bonds. The Balaban J connectivity index is 2.05. The van der Waals surface area contributed by atoms with Crippen LogP contribution in [0.15, 0.2) is 30.6 Å². The van der Waals surface area contributed by atoms with Crippen LogP contribution in [-0.2, 0) is 18.4 Å². The van der Waals surface area contributed by atoms with E-state index in [1.165, 1.54) is 0 Å². The summed E-state index contributed by atoms with van der Waals surface area (Å²) in [5.41, 5.74) is 8.41. The Kier molecular flexibility index (Phi) is 3.32. The van der Waals surface area contributed by atoms with E-state index in [9.17, 15) is 4.79 Å². The van der Waals surface area contributed by atoms with Crippen LogP contribution in [0.2, 0.25) is 0 Å². The minimum absolute atomic E-state index is 0.209. The van der Waals surface area contributed by atoms with Gasteiger partial charge in [0.15, 0.2) is 0 Å². The fourth-order valence-corrected chi connectivity index (χ4v) is 1.63. The fraction of sp³-hybridized carbons (Fsp3) is 0.231. The van der Waals surface area contributed by atoms with Gasteiger partial charge in [0, 0.05) is 24.5 Å². The monoisotopic (exact) mass is 245 g/mol. The molecule has 0 aliphatic heterocycles. The summed E-state index contributed by atoms with van der Waals surface area (Å²) in [6.07, 6.45) is 3.47. The van der Waals surface area contributed by atoms with Crippen LogP contribution in [-0.4, -0.2) is 15.7 Å².